The minimum atomic E-state index is -4.11. The number of aromatic nitrogens is 1. The van der Waals surface area contributed by atoms with Crippen LogP contribution in [-0.2, 0) is 0 Å². The van der Waals surface area contributed by atoms with Crippen molar-refractivity contribution < 1.29 is 17.9 Å². The van der Waals surface area contributed by atoms with E-state index in [4.69, 9.17) is 4.74 Å². The van der Waals surface area contributed by atoms with Crippen molar-refractivity contribution >= 4 is 0 Å². The summed E-state index contributed by atoms with van der Waals surface area (Å²) in [5.74, 6) is -0.661. The highest BCUT2D eigenvalue weighted by Crippen LogP contribution is 2.35. The average Bonchev–Trinajstić information content (AvgIpc) is 2.69. The second kappa shape index (κ2) is 5.14. The quantitative estimate of drug-likeness (QED) is 0.834. The molecule has 0 radical (unpaired) electrons. The Morgan fingerprint density at radius 2 is 2.28 bits per heavy atom. The van der Waals surface area contributed by atoms with Crippen LogP contribution in [0, 0.1) is 5.92 Å². The molecule has 0 saturated carbocycles. The lowest BCUT2D eigenvalue weighted by Gasteiger charge is -2.19. The Balaban J connectivity index is 1.87. The van der Waals surface area contributed by atoms with Gasteiger partial charge in [-0.3, -0.25) is 9.88 Å². The van der Waals surface area contributed by atoms with Crippen molar-refractivity contribution in [1.29, 1.82) is 0 Å². The standard InChI is InChI=1S/C12H15F3N2O/c1-17-7-9(12(13,14)15)5-10(17)8-18-11-3-2-4-16-6-11/h2-4,6,9-10H,5,7-8H2,1H3. The molecule has 1 aliphatic heterocycles. The predicted octanol–water partition coefficient (Wildman–Crippen LogP) is 2.34. The number of likely N-dealkylation sites (N-methyl/N-ethyl adjacent to an activating group) is 1. The Kier molecular flexibility index (Phi) is 3.75. The Bertz CT molecular complexity index is 383. The molecule has 2 heterocycles. The zero-order chi connectivity index (χ0) is 13.2. The van der Waals surface area contributed by atoms with Crippen molar-refractivity contribution in [3.05, 3.63) is 24.5 Å². The maximum atomic E-state index is 12.6. The van der Waals surface area contributed by atoms with Gasteiger partial charge in [0.1, 0.15) is 12.4 Å². The van der Waals surface area contributed by atoms with Crippen LogP contribution >= 0.6 is 0 Å². The van der Waals surface area contributed by atoms with Gasteiger partial charge in [-0.25, -0.2) is 0 Å². The van der Waals surface area contributed by atoms with E-state index in [1.165, 1.54) is 0 Å². The molecule has 3 nitrogen and oxygen atoms in total. The van der Waals surface area contributed by atoms with Crippen molar-refractivity contribution in [2.45, 2.75) is 18.6 Å². The highest BCUT2D eigenvalue weighted by atomic mass is 19.4. The summed E-state index contributed by atoms with van der Waals surface area (Å²) >= 11 is 0. The molecule has 6 heteroatoms. The van der Waals surface area contributed by atoms with E-state index in [1.807, 2.05) is 0 Å². The third-order valence-corrected chi connectivity index (χ3v) is 3.23. The summed E-state index contributed by atoms with van der Waals surface area (Å²) in [6.07, 6.45) is -0.845. The van der Waals surface area contributed by atoms with Gasteiger partial charge < -0.3 is 4.74 Å². The molecule has 2 atom stereocenters. The van der Waals surface area contributed by atoms with Gasteiger partial charge in [0.2, 0.25) is 0 Å². The molecule has 1 aliphatic rings. The second-order valence-corrected chi connectivity index (χ2v) is 4.57. The van der Waals surface area contributed by atoms with Crippen LogP contribution in [0.1, 0.15) is 6.42 Å². The first kappa shape index (κ1) is 13.1. The molecule has 0 spiro atoms. The van der Waals surface area contributed by atoms with E-state index >= 15 is 0 Å². The van der Waals surface area contributed by atoms with E-state index in [9.17, 15) is 13.2 Å². The van der Waals surface area contributed by atoms with Crippen LogP contribution in [-0.4, -0.2) is 42.3 Å². The van der Waals surface area contributed by atoms with Gasteiger partial charge in [0.15, 0.2) is 0 Å². The summed E-state index contributed by atoms with van der Waals surface area (Å²) in [6, 6.07) is 3.27. The molecular formula is C12H15F3N2O. The molecule has 1 aromatic heterocycles. The SMILES string of the molecule is CN1CC(C(F)(F)F)CC1COc1cccnc1. The summed E-state index contributed by atoms with van der Waals surface area (Å²) in [5, 5.41) is 0. The summed E-state index contributed by atoms with van der Waals surface area (Å²) < 4.78 is 43.2. The van der Waals surface area contributed by atoms with Crippen molar-refractivity contribution in [3.63, 3.8) is 0 Å². The summed E-state index contributed by atoms with van der Waals surface area (Å²) in [6.45, 7) is 0.305. The van der Waals surface area contributed by atoms with Crippen LogP contribution in [0.5, 0.6) is 5.75 Å². The number of hydrogen-bond acceptors (Lipinski definition) is 3. The van der Waals surface area contributed by atoms with Crippen LogP contribution in [0.25, 0.3) is 0 Å². The Hall–Kier alpha value is -1.30. The fourth-order valence-electron chi connectivity index (χ4n) is 2.14. The van der Waals surface area contributed by atoms with Gasteiger partial charge in [0.05, 0.1) is 12.1 Å². The van der Waals surface area contributed by atoms with Gasteiger partial charge in [-0.1, -0.05) is 0 Å². The maximum Gasteiger partial charge on any atom is 0.393 e. The van der Waals surface area contributed by atoms with Crippen LogP contribution in [0.3, 0.4) is 0 Å². The molecule has 100 valence electrons. The second-order valence-electron chi connectivity index (χ2n) is 4.57. The highest BCUT2D eigenvalue weighted by Gasteiger charge is 2.46. The van der Waals surface area contributed by atoms with Gasteiger partial charge >= 0.3 is 6.18 Å². The molecule has 0 N–H and O–H groups in total. The maximum absolute atomic E-state index is 12.6. The van der Waals surface area contributed by atoms with Gasteiger partial charge in [-0.2, -0.15) is 13.2 Å². The number of rotatable bonds is 3. The lowest BCUT2D eigenvalue weighted by Crippen LogP contribution is -2.30. The molecule has 18 heavy (non-hydrogen) atoms. The molecule has 0 amide bonds. The van der Waals surface area contributed by atoms with Crippen LogP contribution < -0.4 is 4.74 Å². The van der Waals surface area contributed by atoms with E-state index in [0.29, 0.717) is 5.75 Å². The topological polar surface area (TPSA) is 25.4 Å². The molecule has 0 aromatic carbocycles. The number of nitrogens with zero attached hydrogens (tertiary/aromatic N) is 2. The van der Waals surface area contributed by atoms with E-state index < -0.39 is 12.1 Å². The van der Waals surface area contributed by atoms with Crippen LogP contribution in [0.15, 0.2) is 24.5 Å². The Labute approximate surface area is 104 Å². The smallest absolute Gasteiger partial charge is 0.393 e. The van der Waals surface area contributed by atoms with Crippen molar-refractivity contribution in [1.82, 2.24) is 9.88 Å². The highest BCUT2D eigenvalue weighted by molar-refractivity contribution is 5.15. The third-order valence-electron chi connectivity index (χ3n) is 3.23. The largest absolute Gasteiger partial charge is 0.490 e. The first-order chi connectivity index (χ1) is 8.47. The molecule has 1 fully saturated rings. The molecule has 0 aliphatic carbocycles. The average molecular weight is 260 g/mol. The molecule has 1 saturated heterocycles. The van der Waals surface area contributed by atoms with Gasteiger partial charge in [-0.15, -0.1) is 0 Å². The zero-order valence-corrected chi connectivity index (χ0v) is 10.0. The lowest BCUT2D eigenvalue weighted by molar-refractivity contribution is -0.170. The predicted molar refractivity (Wildman–Crippen MR) is 60.3 cm³/mol. The summed E-state index contributed by atoms with van der Waals surface area (Å²) in [5.41, 5.74) is 0. The van der Waals surface area contributed by atoms with Gasteiger partial charge in [-0.05, 0) is 25.6 Å². The van der Waals surface area contributed by atoms with Gasteiger partial charge in [0, 0.05) is 18.8 Å². The number of hydrogen-bond donors (Lipinski definition) is 0. The number of alkyl halides is 3. The monoisotopic (exact) mass is 260 g/mol. The van der Waals surface area contributed by atoms with E-state index in [0.717, 1.165) is 0 Å². The van der Waals surface area contributed by atoms with Crippen molar-refractivity contribution in [2.24, 2.45) is 5.92 Å². The normalized spacial score (nSPS) is 25.3. The summed E-state index contributed by atoms with van der Waals surface area (Å²) in [4.78, 5) is 5.59. The lowest BCUT2D eigenvalue weighted by atomic mass is 10.1. The minimum absolute atomic E-state index is 0.0462. The number of ether oxygens (including phenoxy) is 1. The van der Waals surface area contributed by atoms with E-state index in [2.05, 4.69) is 4.98 Å². The molecule has 0 bridgehead atoms. The Morgan fingerprint density at radius 3 is 2.83 bits per heavy atom. The fraction of sp³-hybridized carbons (Fsp3) is 0.583. The zero-order valence-electron chi connectivity index (χ0n) is 10.0. The van der Waals surface area contributed by atoms with Crippen LogP contribution in [0.4, 0.5) is 13.2 Å². The molecule has 2 rings (SSSR count). The number of likely N-dealkylation sites (tertiary alicyclic amines) is 1. The fourth-order valence-corrected chi connectivity index (χ4v) is 2.14. The molecule has 1 aromatic rings. The number of halogens is 3. The van der Waals surface area contributed by atoms with Gasteiger partial charge in [0.25, 0.3) is 0 Å². The molecular weight excluding hydrogens is 245 g/mol. The van der Waals surface area contributed by atoms with Crippen LogP contribution in [0.2, 0.25) is 0 Å². The number of pyridine rings is 1. The van der Waals surface area contributed by atoms with Crippen molar-refractivity contribution in [2.75, 3.05) is 20.2 Å². The Morgan fingerprint density at radius 1 is 1.50 bits per heavy atom. The summed E-state index contributed by atoms with van der Waals surface area (Å²) in [7, 11) is 1.70. The molecule has 2 unspecified atom stereocenters. The third kappa shape index (κ3) is 3.13. The van der Waals surface area contributed by atoms with E-state index in [-0.39, 0.29) is 25.6 Å². The first-order valence-electron chi connectivity index (χ1n) is 5.76. The van der Waals surface area contributed by atoms with E-state index in [1.54, 1.807) is 36.5 Å². The minimum Gasteiger partial charge on any atom is -0.490 e. The first-order valence-corrected chi connectivity index (χ1v) is 5.76. The van der Waals surface area contributed by atoms with Crippen molar-refractivity contribution in [3.8, 4) is 5.75 Å².